The van der Waals surface area contributed by atoms with E-state index in [2.05, 4.69) is 0 Å². The molecule has 7 nitrogen and oxygen atoms in total. The Morgan fingerprint density at radius 1 is 1.14 bits per heavy atom. The molecule has 1 aliphatic heterocycles. The summed E-state index contributed by atoms with van der Waals surface area (Å²) in [5, 5.41) is 0. The third kappa shape index (κ3) is 2.83. The van der Waals surface area contributed by atoms with E-state index in [0.29, 0.717) is 5.56 Å². The van der Waals surface area contributed by atoms with Gasteiger partial charge in [-0.25, -0.2) is 9.69 Å². The third-order valence-corrected chi connectivity index (χ3v) is 3.39. The Morgan fingerprint density at radius 3 is 2.23 bits per heavy atom. The maximum atomic E-state index is 12.2. The van der Waals surface area contributed by atoms with E-state index >= 15 is 0 Å². The molecule has 4 amide bonds. The second kappa shape index (κ2) is 5.97. The van der Waals surface area contributed by atoms with Gasteiger partial charge in [0, 0.05) is 20.9 Å². The van der Waals surface area contributed by atoms with E-state index < -0.39 is 23.9 Å². The quantitative estimate of drug-likeness (QED) is 0.619. The molecule has 1 saturated heterocycles. The first kappa shape index (κ1) is 15.7. The minimum atomic E-state index is -0.947. The number of hydrogen-bond donors (Lipinski definition) is 0. The van der Waals surface area contributed by atoms with E-state index in [1.165, 1.54) is 20.9 Å². The van der Waals surface area contributed by atoms with E-state index in [-0.39, 0.29) is 12.6 Å². The van der Waals surface area contributed by atoms with Crippen molar-refractivity contribution in [2.75, 3.05) is 7.05 Å². The first-order valence-corrected chi connectivity index (χ1v) is 6.66. The fourth-order valence-corrected chi connectivity index (χ4v) is 2.25. The number of carbonyl (C=O) groups is 4. The van der Waals surface area contributed by atoms with Crippen LogP contribution in [0.4, 0.5) is 4.79 Å². The zero-order chi connectivity index (χ0) is 16.4. The number of amides is 4. The van der Waals surface area contributed by atoms with Gasteiger partial charge in [0.15, 0.2) is 0 Å². The predicted molar refractivity (Wildman–Crippen MR) is 75.3 cm³/mol. The summed E-state index contributed by atoms with van der Waals surface area (Å²) < 4.78 is 4.88. The molecule has 0 saturated carbocycles. The summed E-state index contributed by atoms with van der Waals surface area (Å²) in [6.07, 6.45) is 0. The summed E-state index contributed by atoms with van der Waals surface area (Å²) >= 11 is 0. The van der Waals surface area contributed by atoms with E-state index in [9.17, 15) is 19.2 Å². The molecule has 116 valence electrons. The van der Waals surface area contributed by atoms with Crippen molar-refractivity contribution in [3.05, 3.63) is 35.4 Å². The molecule has 1 aliphatic rings. The predicted octanol–water partition coefficient (Wildman–Crippen LogP) is 1.23. The van der Waals surface area contributed by atoms with E-state index in [0.717, 1.165) is 15.4 Å². The number of benzene rings is 1. The van der Waals surface area contributed by atoms with Crippen LogP contribution in [0.3, 0.4) is 0 Å². The second-order valence-electron chi connectivity index (χ2n) is 4.99. The van der Waals surface area contributed by atoms with Crippen LogP contribution in [-0.4, -0.2) is 40.7 Å². The summed E-state index contributed by atoms with van der Waals surface area (Å²) in [4.78, 5) is 48.4. The molecule has 1 atom stereocenters. The number of likely N-dealkylation sites (N-methyl/N-ethyl adjacent to an activating group) is 1. The Morgan fingerprint density at radius 2 is 1.73 bits per heavy atom. The zero-order valence-electron chi connectivity index (χ0n) is 12.5. The van der Waals surface area contributed by atoms with Crippen LogP contribution in [-0.2, 0) is 25.7 Å². The van der Waals surface area contributed by atoms with Crippen LogP contribution in [0.15, 0.2) is 24.3 Å². The average Bonchev–Trinajstić information content (AvgIpc) is 2.70. The lowest BCUT2D eigenvalue weighted by Crippen LogP contribution is -2.34. The Labute approximate surface area is 127 Å². The summed E-state index contributed by atoms with van der Waals surface area (Å²) in [6, 6.07) is 5.08. The standard InChI is InChI=1S/C15H16N2O5/c1-9(18)17-13(14(20)16(3)15(17)21)12-6-4-11(5-7-12)8-22-10(2)19/h4-7,13H,8H2,1-3H3/t13-/m1/s1. The first-order valence-electron chi connectivity index (χ1n) is 6.66. The molecule has 1 heterocycles. The summed E-state index contributed by atoms with van der Waals surface area (Å²) in [7, 11) is 1.34. The van der Waals surface area contributed by atoms with Gasteiger partial charge < -0.3 is 4.74 Å². The number of esters is 1. The Bertz CT molecular complexity index is 638. The second-order valence-corrected chi connectivity index (χ2v) is 4.99. The Hall–Kier alpha value is -2.70. The molecule has 0 bridgehead atoms. The van der Waals surface area contributed by atoms with Gasteiger partial charge in [-0.05, 0) is 11.1 Å². The molecule has 0 unspecified atom stereocenters. The molecule has 0 radical (unpaired) electrons. The normalized spacial score (nSPS) is 17.9. The molecule has 0 N–H and O–H groups in total. The molecule has 2 rings (SSSR count). The van der Waals surface area contributed by atoms with E-state index in [1.54, 1.807) is 24.3 Å². The molecular weight excluding hydrogens is 288 g/mol. The molecule has 7 heteroatoms. The number of nitrogens with zero attached hydrogens (tertiary/aromatic N) is 2. The van der Waals surface area contributed by atoms with Crippen molar-refractivity contribution >= 4 is 23.8 Å². The largest absolute Gasteiger partial charge is 0.461 e. The van der Waals surface area contributed by atoms with Crippen molar-refractivity contribution in [1.82, 2.24) is 9.80 Å². The lowest BCUT2D eigenvalue weighted by atomic mass is 10.0. The number of rotatable bonds is 3. The minimum Gasteiger partial charge on any atom is -0.461 e. The number of imide groups is 2. The smallest absolute Gasteiger partial charge is 0.334 e. The molecule has 0 aliphatic carbocycles. The van der Waals surface area contributed by atoms with Crippen LogP contribution in [0.5, 0.6) is 0 Å². The Kier molecular flexibility index (Phi) is 4.25. The summed E-state index contributed by atoms with van der Waals surface area (Å²) in [5.41, 5.74) is 1.28. The van der Waals surface area contributed by atoms with Crippen LogP contribution in [0.25, 0.3) is 0 Å². The summed E-state index contributed by atoms with van der Waals surface area (Å²) in [6.45, 7) is 2.69. The van der Waals surface area contributed by atoms with Gasteiger partial charge in [-0.3, -0.25) is 19.3 Å². The fourth-order valence-electron chi connectivity index (χ4n) is 2.25. The Balaban J connectivity index is 2.26. The number of carbonyl (C=O) groups excluding carboxylic acids is 4. The highest BCUT2D eigenvalue weighted by atomic mass is 16.5. The van der Waals surface area contributed by atoms with Crippen molar-refractivity contribution in [2.24, 2.45) is 0 Å². The number of hydrogen-bond acceptors (Lipinski definition) is 5. The monoisotopic (exact) mass is 304 g/mol. The topological polar surface area (TPSA) is 84.0 Å². The first-order chi connectivity index (χ1) is 10.3. The lowest BCUT2D eigenvalue weighted by molar-refractivity contribution is -0.142. The van der Waals surface area contributed by atoms with Gasteiger partial charge in [-0.2, -0.15) is 0 Å². The van der Waals surface area contributed by atoms with Crippen LogP contribution < -0.4 is 0 Å². The van der Waals surface area contributed by atoms with Gasteiger partial charge in [0.05, 0.1) is 0 Å². The molecule has 1 fully saturated rings. The molecule has 0 aromatic heterocycles. The fraction of sp³-hybridized carbons (Fsp3) is 0.333. The van der Waals surface area contributed by atoms with Crippen molar-refractivity contribution in [3.8, 4) is 0 Å². The van der Waals surface area contributed by atoms with Crippen LogP contribution in [0.2, 0.25) is 0 Å². The highest BCUT2D eigenvalue weighted by Gasteiger charge is 2.46. The van der Waals surface area contributed by atoms with Crippen molar-refractivity contribution in [1.29, 1.82) is 0 Å². The molecule has 1 aromatic rings. The van der Waals surface area contributed by atoms with Crippen molar-refractivity contribution in [3.63, 3.8) is 0 Å². The number of ether oxygens (including phenoxy) is 1. The maximum absolute atomic E-state index is 12.2. The average molecular weight is 304 g/mol. The van der Waals surface area contributed by atoms with Crippen LogP contribution in [0.1, 0.15) is 31.0 Å². The summed E-state index contributed by atoms with van der Waals surface area (Å²) in [5.74, 6) is -1.32. The van der Waals surface area contributed by atoms with E-state index in [1.807, 2.05) is 0 Å². The van der Waals surface area contributed by atoms with Crippen molar-refractivity contribution < 1.29 is 23.9 Å². The highest BCUT2D eigenvalue weighted by Crippen LogP contribution is 2.30. The zero-order valence-corrected chi connectivity index (χ0v) is 12.5. The lowest BCUT2D eigenvalue weighted by Gasteiger charge is -2.18. The third-order valence-electron chi connectivity index (χ3n) is 3.39. The van der Waals surface area contributed by atoms with Gasteiger partial charge in [0.25, 0.3) is 5.91 Å². The molecule has 0 spiro atoms. The van der Waals surface area contributed by atoms with Gasteiger partial charge in [0.1, 0.15) is 12.6 Å². The number of urea groups is 1. The van der Waals surface area contributed by atoms with Gasteiger partial charge in [-0.1, -0.05) is 24.3 Å². The molecular formula is C15H16N2O5. The van der Waals surface area contributed by atoms with Crippen molar-refractivity contribution in [2.45, 2.75) is 26.5 Å². The molecule has 22 heavy (non-hydrogen) atoms. The van der Waals surface area contributed by atoms with Gasteiger partial charge in [0.2, 0.25) is 5.91 Å². The van der Waals surface area contributed by atoms with Gasteiger partial charge >= 0.3 is 12.0 Å². The van der Waals surface area contributed by atoms with Crippen LogP contribution in [0, 0.1) is 0 Å². The van der Waals surface area contributed by atoms with Gasteiger partial charge in [-0.15, -0.1) is 0 Å². The SMILES string of the molecule is CC(=O)OCc1ccc([C@@H]2C(=O)N(C)C(=O)N2C(C)=O)cc1. The van der Waals surface area contributed by atoms with E-state index in [4.69, 9.17) is 4.74 Å². The molecule has 1 aromatic carbocycles. The maximum Gasteiger partial charge on any atom is 0.334 e. The minimum absolute atomic E-state index is 0.128. The van der Waals surface area contributed by atoms with Crippen LogP contribution >= 0.6 is 0 Å². The highest BCUT2D eigenvalue weighted by molar-refractivity contribution is 6.11.